The highest BCUT2D eigenvalue weighted by atomic mass is 35.5. The minimum atomic E-state index is 0.800. The van der Waals surface area contributed by atoms with Crippen LogP contribution in [0.5, 0.6) is 0 Å². The second-order valence-electron chi connectivity index (χ2n) is 4.02. The van der Waals surface area contributed by atoms with Crippen molar-refractivity contribution in [2.24, 2.45) is 0 Å². The summed E-state index contributed by atoms with van der Waals surface area (Å²) in [7, 11) is 4.15. The van der Waals surface area contributed by atoms with Gasteiger partial charge in [0.25, 0.3) is 0 Å². The van der Waals surface area contributed by atoms with Crippen molar-refractivity contribution in [2.45, 2.75) is 6.54 Å². The van der Waals surface area contributed by atoms with Crippen molar-refractivity contribution >= 4 is 22.4 Å². The van der Waals surface area contributed by atoms with E-state index in [2.05, 4.69) is 43.3 Å². The zero-order chi connectivity index (χ0) is 10.8. The molecule has 0 spiro atoms. The Bertz CT molecular complexity index is 477. The van der Waals surface area contributed by atoms with Gasteiger partial charge in [0.05, 0.1) is 0 Å². The molecule has 0 amide bonds. The van der Waals surface area contributed by atoms with Gasteiger partial charge in [-0.3, -0.25) is 0 Å². The van der Waals surface area contributed by atoms with Gasteiger partial charge in [-0.2, -0.15) is 0 Å². The van der Waals surface area contributed by atoms with Crippen LogP contribution in [0.15, 0.2) is 36.4 Å². The molecule has 0 heterocycles. The van der Waals surface area contributed by atoms with Crippen molar-refractivity contribution in [1.29, 1.82) is 0 Å². The van der Waals surface area contributed by atoms with E-state index < -0.39 is 0 Å². The maximum absolute atomic E-state index is 6.01. The maximum atomic E-state index is 6.01. The topological polar surface area (TPSA) is 3.24 Å². The van der Waals surface area contributed by atoms with Gasteiger partial charge >= 0.3 is 0 Å². The molecule has 2 rings (SSSR count). The van der Waals surface area contributed by atoms with Gasteiger partial charge in [0.15, 0.2) is 0 Å². The zero-order valence-corrected chi connectivity index (χ0v) is 9.75. The van der Waals surface area contributed by atoms with Crippen LogP contribution in [0, 0.1) is 0 Å². The molecule has 0 bridgehead atoms. The van der Waals surface area contributed by atoms with Crippen molar-refractivity contribution in [3.63, 3.8) is 0 Å². The molecule has 0 aliphatic heterocycles. The molecule has 0 aromatic heterocycles. The Morgan fingerprint density at radius 3 is 2.67 bits per heavy atom. The van der Waals surface area contributed by atoms with Gasteiger partial charge in [0.2, 0.25) is 0 Å². The normalized spacial score (nSPS) is 11.2. The molecule has 1 nitrogen and oxygen atoms in total. The van der Waals surface area contributed by atoms with Crippen LogP contribution in [0.1, 0.15) is 5.56 Å². The average Bonchev–Trinajstić information content (AvgIpc) is 2.18. The Labute approximate surface area is 95.3 Å². The molecule has 0 saturated heterocycles. The monoisotopic (exact) mass is 219 g/mol. The summed E-state index contributed by atoms with van der Waals surface area (Å²) in [6.45, 7) is 0.942. The van der Waals surface area contributed by atoms with Crippen LogP contribution in [-0.2, 0) is 6.54 Å². The number of hydrogen-bond acceptors (Lipinski definition) is 1. The fourth-order valence-corrected chi connectivity index (χ4v) is 1.96. The first-order valence-corrected chi connectivity index (χ1v) is 5.36. The second-order valence-corrected chi connectivity index (χ2v) is 4.46. The fraction of sp³-hybridized carbons (Fsp3) is 0.231. The Balaban J connectivity index is 2.58. The Morgan fingerprint density at radius 1 is 1.13 bits per heavy atom. The predicted octanol–water partition coefficient (Wildman–Crippen LogP) is 3.55. The lowest BCUT2D eigenvalue weighted by atomic mass is 10.0. The molecule has 15 heavy (non-hydrogen) atoms. The highest BCUT2D eigenvalue weighted by Crippen LogP contribution is 2.23. The Hall–Kier alpha value is -1.05. The summed E-state index contributed by atoms with van der Waals surface area (Å²) in [6, 6.07) is 12.4. The van der Waals surface area contributed by atoms with Crippen molar-refractivity contribution < 1.29 is 0 Å². The molecule has 2 heteroatoms. The van der Waals surface area contributed by atoms with E-state index in [0.717, 1.165) is 11.6 Å². The van der Waals surface area contributed by atoms with E-state index in [-0.39, 0.29) is 0 Å². The summed E-state index contributed by atoms with van der Waals surface area (Å²) < 4.78 is 0. The lowest BCUT2D eigenvalue weighted by Crippen LogP contribution is -2.10. The van der Waals surface area contributed by atoms with Gasteiger partial charge in [-0.1, -0.05) is 35.9 Å². The SMILES string of the molecule is CN(C)Cc1cccc2ccc(Cl)cc12. The first-order valence-electron chi connectivity index (χ1n) is 4.99. The van der Waals surface area contributed by atoms with Gasteiger partial charge in [-0.25, -0.2) is 0 Å². The van der Waals surface area contributed by atoms with Crippen LogP contribution in [0.4, 0.5) is 0 Å². The third kappa shape index (κ3) is 2.31. The van der Waals surface area contributed by atoms with E-state index >= 15 is 0 Å². The summed E-state index contributed by atoms with van der Waals surface area (Å²) in [6.07, 6.45) is 0. The molecule has 0 unspecified atom stereocenters. The van der Waals surface area contributed by atoms with Crippen molar-refractivity contribution in [3.05, 3.63) is 47.0 Å². The van der Waals surface area contributed by atoms with E-state index in [4.69, 9.17) is 11.6 Å². The molecular weight excluding hydrogens is 206 g/mol. The molecule has 0 aliphatic carbocycles. The van der Waals surface area contributed by atoms with Crippen LogP contribution in [0.25, 0.3) is 10.8 Å². The standard InChI is InChI=1S/C13H14ClN/c1-15(2)9-11-5-3-4-10-6-7-12(14)8-13(10)11/h3-8H,9H2,1-2H3. The molecule has 0 atom stereocenters. The quantitative estimate of drug-likeness (QED) is 0.747. The van der Waals surface area contributed by atoms with Crippen LogP contribution in [-0.4, -0.2) is 19.0 Å². The third-order valence-electron chi connectivity index (χ3n) is 2.42. The third-order valence-corrected chi connectivity index (χ3v) is 2.66. The molecule has 78 valence electrons. The Morgan fingerprint density at radius 2 is 1.93 bits per heavy atom. The molecule has 0 N–H and O–H groups in total. The number of halogens is 1. The molecule has 2 aromatic rings. The van der Waals surface area contributed by atoms with Crippen LogP contribution < -0.4 is 0 Å². The van der Waals surface area contributed by atoms with Crippen molar-refractivity contribution in [3.8, 4) is 0 Å². The summed E-state index contributed by atoms with van der Waals surface area (Å²) in [5, 5.41) is 3.30. The minimum absolute atomic E-state index is 0.800. The number of hydrogen-bond donors (Lipinski definition) is 0. The van der Waals surface area contributed by atoms with Gasteiger partial charge in [0.1, 0.15) is 0 Å². The summed E-state index contributed by atoms with van der Waals surface area (Å²) in [4.78, 5) is 2.16. The van der Waals surface area contributed by atoms with E-state index in [0.29, 0.717) is 0 Å². The van der Waals surface area contributed by atoms with Gasteiger partial charge in [-0.05, 0) is 42.6 Å². The summed E-state index contributed by atoms with van der Waals surface area (Å²) in [5.41, 5.74) is 1.32. The number of fused-ring (bicyclic) bond motifs is 1. The van der Waals surface area contributed by atoms with E-state index in [9.17, 15) is 0 Å². The lowest BCUT2D eigenvalue weighted by molar-refractivity contribution is 0.404. The van der Waals surface area contributed by atoms with Crippen LogP contribution in [0.2, 0.25) is 5.02 Å². The molecule has 2 aromatic carbocycles. The maximum Gasteiger partial charge on any atom is 0.0412 e. The number of rotatable bonds is 2. The van der Waals surface area contributed by atoms with Crippen LogP contribution in [0.3, 0.4) is 0 Å². The lowest BCUT2D eigenvalue weighted by Gasteiger charge is -2.12. The number of nitrogens with zero attached hydrogens (tertiary/aromatic N) is 1. The smallest absolute Gasteiger partial charge is 0.0412 e. The van der Waals surface area contributed by atoms with Gasteiger partial charge < -0.3 is 4.90 Å². The first kappa shape index (κ1) is 10.5. The highest BCUT2D eigenvalue weighted by molar-refractivity contribution is 6.31. The molecule has 0 radical (unpaired) electrons. The molecule has 0 fully saturated rings. The molecular formula is C13H14ClN. The van der Waals surface area contributed by atoms with E-state index in [1.165, 1.54) is 16.3 Å². The second kappa shape index (κ2) is 4.21. The summed E-state index contributed by atoms with van der Waals surface area (Å²) >= 11 is 6.01. The highest BCUT2D eigenvalue weighted by Gasteiger charge is 2.02. The van der Waals surface area contributed by atoms with Crippen molar-refractivity contribution in [1.82, 2.24) is 4.90 Å². The van der Waals surface area contributed by atoms with Crippen molar-refractivity contribution in [2.75, 3.05) is 14.1 Å². The number of benzene rings is 2. The molecule has 0 aliphatic rings. The van der Waals surface area contributed by atoms with Gasteiger partial charge in [-0.15, -0.1) is 0 Å². The average molecular weight is 220 g/mol. The van der Waals surface area contributed by atoms with Crippen LogP contribution >= 0.6 is 11.6 Å². The minimum Gasteiger partial charge on any atom is -0.305 e. The fourth-order valence-electron chi connectivity index (χ4n) is 1.79. The first-order chi connectivity index (χ1) is 7.16. The largest absolute Gasteiger partial charge is 0.305 e. The van der Waals surface area contributed by atoms with E-state index in [1.807, 2.05) is 12.1 Å². The molecule has 0 saturated carbocycles. The van der Waals surface area contributed by atoms with E-state index in [1.54, 1.807) is 0 Å². The van der Waals surface area contributed by atoms with Gasteiger partial charge in [0, 0.05) is 11.6 Å². The predicted molar refractivity (Wildman–Crippen MR) is 66.3 cm³/mol. The summed E-state index contributed by atoms with van der Waals surface area (Å²) in [5.74, 6) is 0. The Kier molecular flexibility index (Phi) is 2.94. The zero-order valence-electron chi connectivity index (χ0n) is 9.00.